The van der Waals surface area contributed by atoms with Crippen molar-refractivity contribution in [2.45, 2.75) is 37.0 Å². The number of para-hydroxylation sites is 2. The second-order valence-corrected chi connectivity index (χ2v) is 8.69. The molecule has 0 saturated heterocycles. The Labute approximate surface area is 187 Å². The van der Waals surface area contributed by atoms with Gasteiger partial charge in [-0.15, -0.1) is 11.8 Å². The Morgan fingerprint density at radius 2 is 1.87 bits per heavy atom. The zero-order valence-electron chi connectivity index (χ0n) is 18.0. The summed E-state index contributed by atoms with van der Waals surface area (Å²) in [5, 5.41) is 3.01. The van der Waals surface area contributed by atoms with Crippen LogP contribution >= 0.6 is 11.8 Å². The Kier molecular flexibility index (Phi) is 6.28. The van der Waals surface area contributed by atoms with Crippen LogP contribution in [0.3, 0.4) is 0 Å². The van der Waals surface area contributed by atoms with Crippen LogP contribution in [0.2, 0.25) is 0 Å². The first-order valence-corrected chi connectivity index (χ1v) is 11.6. The molecule has 31 heavy (non-hydrogen) atoms. The second-order valence-electron chi connectivity index (χ2n) is 7.81. The van der Waals surface area contributed by atoms with Crippen molar-refractivity contribution < 1.29 is 14.3 Å². The topological polar surface area (TPSA) is 67.8 Å². The zero-order valence-corrected chi connectivity index (χ0v) is 18.8. The largest absolute Gasteiger partial charge is 0.495 e. The number of ether oxygens (including phenoxy) is 1. The van der Waals surface area contributed by atoms with Crippen LogP contribution in [0.4, 0.5) is 5.69 Å². The van der Waals surface area contributed by atoms with Gasteiger partial charge in [-0.1, -0.05) is 24.3 Å². The zero-order chi connectivity index (χ0) is 22.0. The van der Waals surface area contributed by atoms with Gasteiger partial charge >= 0.3 is 0 Å². The molecule has 0 aromatic heterocycles. The number of rotatable bonds is 5. The maximum atomic E-state index is 13.5. The number of hydrogen-bond donors (Lipinski definition) is 1. The number of aliphatic imine (C=N–C) groups is 1. The third-order valence-electron chi connectivity index (χ3n) is 5.96. The summed E-state index contributed by atoms with van der Waals surface area (Å²) >= 11 is 1.67. The maximum Gasteiger partial charge on any atom is 0.234 e. The Morgan fingerprint density at radius 3 is 2.58 bits per heavy atom. The third-order valence-corrected chi connectivity index (χ3v) is 6.70. The third kappa shape index (κ3) is 4.17. The lowest BCUT2D eigenvalue weighted by molar-refractivity contribution is -0.119. The van der Waals surface area contributed by atoms with Crippen LogP contribution in [0.1, 0.15) is 37.7 Å². The number of nitrogens with one attached hydrogen (secondary N) is 1. The summed E-state index contributed by atoms with van der Waals surface area (Å²) in [5.41, 5.74) is 3.85. The predicted molar refractivity (Wildman–Crippen MR) is 125 cm³/mol. The van der Waals surface area contributed by atoms with E-state index in [2.05, 4.69) is 5.32 Å². The number of hydrogen-bond acceptors (Lipinski definition) is 5. The standard InChI is InChI=1S/C25H26N2O3S/c1-15-22(25(29)27-18-7-4-5-10-21(18)30-2)23(16-11-13-17(31-3)14-12-16)24-19(26-15)8-6-9-20(24)28/h4-5,7,10-14,22-23H,6,8-9H2,1-3H3,(H,27,29)/t22?,23-/m1/s1. The van der Waals surface area contributed by atoms with Gasteiger partial charge in [0.25, 0.3) is 0 Å². The summed E-state index contributed by atoms with van der Waals surface area (Å²) in [5.74, 6) is -0.395. The molecular weight excluding hydrogens is 408 g/mol. The number of carbonyl (C=O) groups excluding carboxylic acids is 2. The first-order chi connectivity index (χ1) is 15.0. The number of Topliss-reactive ketones (excluding diaryl/α,β-unsaturated/α-hetero) is 1. The highest BCUT2D eigenvalue weighted by atomic mass is 32.2. The monoisotopic (exact) mass is 434 g/mol. The molecule has 160 valence electrons. The fraction of sp³-hybridized carbons (Fsp3) is 0.320. The number of benzene rings is 2. The Balaban J connectivity index is 1.77. The SMILES string of the molecule is COc1ccccc1NC(=O)C1C(C)=NC2=C(C(=O)CCC2)[C@@H]1c1ccc(SC)cc1. The molecule has 1 N–H and O–H groups in total. The lowest BCUT2D eigenvalue weighted by Gasteiger charge is -2.35. The minimum atomic E-state index is -0.564. The molecule has 1 aliphatic heterocycles. The normalized spacial score (nSPS) is 20.7. The van der Waals surface area contributed by atoms with E-state index in [1.54, 1.807) is 24.9 Å². The highest BCUT2D eigenvalue weighted by Gasteiger charge is 2.42. The molecule has 0 fully saturated rings. The van der Waals surface area contributed by atoms with E-state index in [4.69, 9.17) is 9.73 Å². The molecule has 0 spiro atoms. The van der Waals surface area contributed by atoms with E-state index in [1.165, 1.54) is 0 Å². The van der Waals surface area contributed by atoms with Crippen LogP contribution in [-0.4, -0.2) is 30.8 Å². The van der Waals surface area contributed by atoms with E-state index in [0.29, 0.717) is 23.4 Å². The van der Waals surface area contributed by atoms with E-state index in [9.17, 15) is 9.59 Å². The van der Waals surface area contributed by atoms with Crippen LogP contribution in [0.5, 0.6) is 5.75 Å². The molecule has 2 atom stereocenters. The minimum Gasteiger partial charge on any atom is -0.495 e. The quantitative estimate of drug-likeness (QED) is 0.654. The van der Waals surface area contributed by atoms with Crippen molar-refractivity contribution in [3.63, 3.8) is 0 Å². The van der Waals surface area contributed by atoms with E-state index < -0.39 is 5.92 Å². The average molecular weight is 435 g/mol. The summed E-state index contributed by atoms with van der Waals surface area (Å²) in [6.45, 7) is 1.89. The first kappa shape index (κ1) is 21.4. The summed E-state index contributed by atoms with van der Waals surface area (Å²) in [7, 11) is 1.58. The maximum absolute atomic E-state index is 13.5. The first-order valence-electron chi connectivity index (χ1n) is 10.4. The summed E-state index contributed by atoms with van der Waals surface area (Å²) < 4.78 is 5.39. The predicted octanol–water partition coefficient (Wildman–Crippen LogP) is 5.24. The molecule has 2 aromatic carbocycles. The molecule has 1 amide bonds. The fourth-order valence-electron chi connectivity index (χ4n) is 4.48. The molecule has 2 aliphatic rings. The fourth-order valence-corrected chi connectivity index (χ4v) is 4.88. The van der Waals surface area contributed by atoms with Crippen LogP contribution in [-0.2, 0) is 9.59 Å². The molecule has 2 aromatic rings. The van der Waals surface area contributed by atoms with E-state index in [1.807, 2.05) is 55.6 Å². The van der Waals surface area contributed by atoms with E-state index in [0.717, 1.165) is 34.7 Å². The van der Waals surface area contributed by atoms with Crippen molar-refractivity contribution in [1.29, 1.82) is 0 Å². The Bertz CT molecular complexity index is 1070. The van der Waals surface area contributed by atoms with Crippen molar-refractivity contribution in [2.24, 2.45) is 10.9 Å². The number of ketones is 1. The van der Waals surface area contributed by atoms with Gasteiger partial charge in [0.2, 0.25) is 5.91 Å². The smallest absolute Gasteiger partial charge is 0.234 e. The van der Waals surface area contributed by atoms with Gasteiger partial charge in [0, 0.05) is 34.2 Å². The number of nitrogens with zero attached hydrogens (tertiary/aromatic N) is 1. The molecule has 1 aliphatic carbocycles. The van der Waals surface area contributed by atoms with Crippen LogP contribution in [0.25, 0.3) is 0 Å². The molecule has 6 heteroatoms. The molecule has 0 saturated carbocycles. The van der Waals surface area contributed by atoms with Gasteiger partial charge in [-0.25, -0.2) is 0 Å². The van der Waals surface area contributed by atoms with Gasteiger partial charge < -0.3 is 10.1 Å². The Morgan fingerprint density at radius 1 is 1.13 bits per heavy atom. The average Bonchev–Trinajstić information content (AvgIpc) is 2.78. The number of anilines is 1. The van der Waals surface area contributed by atoms with Crippen molar-refractivity contribution in [1.82, 2.24) is 0 Å². The summed E-state index contributed by atoms with van der Waals surface area (Å²) in [4.78, 5) is 32.4. The van der Waals surface area contributed by atoms with Crippen LogP contribution in [0.15, 0.2) is 69.7 Å². The van der Waals surface area contributed by atoms with Crippen LogP contribution < -0.4 is 10.1 Å². The van der Waals surface area contributed by atoms with Gasteiger partial charge in [-0.3, -0.25) is 14.6 Å². The van der Waals surface area contributed by atoms with Crippen molar-refractivity contribution in [3.8, 4) is 5.75 Å². The second kappa shape index (κ2) is 9.10. The highest BCUT2D eigenvalue weighted by molar-refractivity contribution is 7.98. The van der Waals surface area contributed by atoms with Gasteiger partial charge in [-0.05, 0) is 55.9 Å². The molecule has 0 bridgehead atoms. The lowest BCUT2D eigenvalue weighted by Crippen LogP contribution is -2.39. The molecule has 1 unspecified atom stereocenters. The van der Waals surface area contributed by atoms with E-state index >= 15 is 0 Å². The minimum absolute atomic E-state index is 0.103. The van der Waals surface area contributed by atoms with Crippen LogP contribution in [0, 0.1) is 5.92 Å². The molecule has 4 rings (SSSR count). The van der Waals surface area contributed by atoms with Gasteiger partial charge in [0.05, 0.1) is 18.7 Å². The molecular formula is C25H26N2O3S. The summed E-state index contributed by atoms with van der Waals surface area (Å²) in [6.07, 6.45) is 4.12. The van der Waals surface area contributed by atoms with Crippen molar-refractivity contribution in [3.05, 3.63) is 65.4 Å². The van der Waals surface area contributed by atoms with Gasteiger partial charge in [-0.2, -0.15) is 0 Å². The van der Waals surface area contributed by atoms with Crippen molar-refractivity contribution in [2.75, 3.05) is 18.7 Å². The van der Waals surface area contributed by atoms with Gasteiger partial charge in [0.15, 0.2) is 5.78 Å². The number of carbonyl (C=O) groups is 2. The van der Waals surface area contributed by atoms with Gasteiger partial charge in [0.1, 0.15) is 5.75 Å². The molecule has 1 heterocycles. The van der Waals surface area contributed by atoms with Crippen molar-refractivity contribution >= 4 is 34.9 Å². The number of amides is 1. The van der Waals surface area contributed by atoms with E-state index in [-0.39, 0.29) is 17.6 Å². The number of methoxy groups -OCH3 is 1. The Hall–Kier alpha value is -2.86. The lowest BCUT2D eigenvalue weighted by atomic mass is 9.71. The highest BCUT2D eigenvalue weighted by Crippen LogP contribution is 2.44. The molecule has 5 nitrogen and oxygen atoms in total. The summed E-state index contributed by atoms with van der Waals surface area (Å²) in [6, 6.07) is 15.5. The number of thioether (sulfide) groups is 1. The molecule has 0 radical (unpaired) electrons. The number of allylic oxidation sites excluding steroid dienone is 2.